The van der Waals surface area contributed by atoms with E-state index in [1.54, 1.807) is 23.0 Å². The average molecular weight is 341 g/mol. The highest BCUT2D eigenvalue weighted by atomic mass is 35.5. The van der Waals surface area contributed by atoms with Crippen molar-refractivity contribution in [3.05, 3.63) is 82.6 Å². The van der Waals surface area contributed by atoms with E-state index in [2.05, 4.69) is 10.4 Å². The fourth-order valence-electron chi connectivity index (χ4n) is 2.38. The molecule has 6 heteroatoms. The minimum atomic E-state index is -0.185. The van der Waals surface area contributed by atoms with E-state index in [0.29, 0.717) is 29.4 Å². The van der Waals surface area contributed by atoms with E-state index in [-0.39, 0.29) is 5.91 Å². The molecule has 122 valence electrons. The van der Waals surface area contributed by atoms with Gasteiger partial charge in [0.05, 0.1) is 17.4 Å². The second kappa shape index (κ2) is 7.29. The first kappa shape index (κ1) is 16.2. The Bertz CT molecular complexity index is 859. The maximum absolute atomic E-state index is 12.6. The topological polar surface area (TPSA) is 72.9 Å². The number of rotatable bonds is 5. The molecule has 1 aromatic heterocycles. The van der Waals surface area contributed by atoms with Gasteiger partial charge in [-0.1, -0.05) is 41.9 Å². The molecule has 0 bridgehead atoms. The average Bonchev–Trinajstić information content (AvgIpc) is 3.10. The zero-order chi connectivity index (χ0) is 16.9. The maximum Gasteiger partial charge on any atom is 0.253 e. The number of benzene rings is 2. The summed E-state index contributed by atoms with van der Waals surface area (Å²) in [7, 11) is 0. The van der Waals surface area contributed by atoms with Gasteiger partial charge in [-0.25, -0.2) is 4.68 Å². The van der Waals surface area contributed by atoms with Crippen molar-refractivity contribution in [1.82, 2.24) is 15.1 Å². The van der Waals surface area contributed by atoms with Crippen LogP contribution in [-0.4, -0.2) is 15.7 Å². The number of hydrogen-bond acceptors (Lipinski definition) is 3. The molecule has 0 atom stereocenters. The molecule has 0 unspecified atom stereocenters. The van der Waals surface area contributed by atoms with Crippen molar-refractivity contribution >= 4 is 17.5 Å². The van der Waals surface area contributed by atoms with Gasteiger partial charge in [-0.3, -0.25) is 4.79 Å². The molecular formula is C18H17ClN4O. The van der Waals surface area contributed by atoms with Crippen LogP contribution in [0.25, 0.3) is 5.69 Å². The Labute approximate surface area is 145 Å². The van der Waals surface area contributed by atoms with Gasteiger partial charge in [0.25, 0.3) is 5.91 Å². The molecule has 0 aliphatic heterocycles. The smallest absolute Gasteiger partial charge is 0.253 e. The Morgan fingerprint density at radius 3 is 2.67 bits per heavy atom. The lowest BCUT2D eigenvalue weighted by Crippen LogP contribution is -2.24. The Morgan fingerprint density at radius 2 is 1.92 bits per heavy atom. The summed E-state index contributed by atoms with van der Waals surface area (Å²) < 4.78 is 1.66. The summed E-state index contributed by atoms with van der Waals surface area (Å²) in [4.78, 5) is 12.6. The van der Waals surface area contributed by atoms with Gasteiger partial charge in [-0.15, -0.1) is 0 Å². The van der Waals surface area contributed by atoms with Crippen molar-refractivity contribution < 1.29 is 4.79 Å². The molecule has 0 radical (unpaired) electrons. The normalized spacial score (nSPS) is 10.6. The molecule has 3 N–H and O–H groups in total. The molecule has 3 aromatic rings. The number of aromatic nitrogens is 2. The highest BCUT2D eigenvalue weighted by Gasteiger charge is 2.13. The molecule has 5 nitrogen and oxygen atoms in total. The number of nitrogens with zero attached hydrogens (tertiary/aromatic N) is 2. The number of amides is 1. The summed E-state index contributed by atoms with van der Waals surface area (Å²) in [5.74, 6) is -0.185. The van der Waals surface area contributed by atoms with Gasteiger partial charge in [0.1, 0.15) is 0 Å². The molecule has 1 heterocycles. The fourth-order valence-corrected chi connectivity index (χ4v) is 2.58. The number of nitrogens with one attached hydrogen (secondary N) is 1. The predicted octanol–water partition coefficient (Wildman–Crippen LogP) is 2.91. The minimum Gasteiger partial charge on any atom is -0.348 e. The fraction of sp³-hybridized carbons (Fsp3) is 0.111. The van der Waals surface area contributed by atoms with Crippen LogP contribution in [0.2, 0.25) is 5.02 Å². The van der Waals surface area contributed by atoms with E-state index in [1.807, 2.05) is 42.6 Å². The van der Waals surface area contributed by atoms with Crippen molar-refractivity contribution in [1.29, 1.82) is 0 Å². The van der Waals surface area contributed by atoms with Crippen molar-refractivity contribution in [2.75, 3.05) is 0 Å². The highest BCUT2D eigenvalue weighted by Crippen LogP contribution is 2.17. The van der Waals surface area contributed by atoms with Gasteiger partial charge in [0.15, 0.2) is 0 Å². The van der Waals surface area contributed by atoms with Gasteiger partial charge in [0, 0.05) is 29.9 Å². The zero-order valence-corrected chi connectivity index (χ0v) is 13.7. The van der Waals surface area contributed by atoms with Crippen LogP contribution in [0.4, 0.5) is 0 Å². The number of carbonyl (C=O) groups excluding carboxylic acids is 1. The van der Waals surface area contributed by atoms with Crippen LogP contribution in [0.3, 0.4) is 0 Å². The SMILES string of the molecule is NCc1cnn(-c2ccccc2C(=O)NCc2ccccc2Cl)c1. The Kier molecular flexibility index (Phi) is 4.93. The summed E-state index contributed by atoms with van der Waals surface area (Å²) in [6, 6.07) is 14.7. The molecule has 2 aromatic carbocycles. The van der Waals surface area contributed by atoms with Gasteiger partial charge in [-0.05, 0) is 23.8 Å². The number of halogens is 1. The molecule has 0 aliphatic rings. The second-order valence-corrected chi connectivity index (χ2v) is 5.70. The molecule has 0 spiro atoms. The van der Waals surface area contributed by atoms with Gasteiger partial charge < -0.3 is 11.1 Å². The van der Waals surface area contributed by atoms with Crippen LogP contribution >= 0.6 is 11.6 Å². The van der Waals surface area contributed by atoms with Gasteiger partial charge in [-0.2, -0.15) is 5.10 Å². The molecule has 0 fully saturated rings. The predicted molar refractivity (Wildman–Crippen MR) is 94.1 cm³/mol. The van der Waals surface area contributed by atoms with Crippen molar-refractivity contribution in [2.45, 2.75) is 13.1 Å². The number of nitrogens with two attached hydrogens (primary N) is 1. The highest BCUT2D eigenvalue weighted by molar-refractivity contribution is 6.31. The molecule has 0 saturated heterocycles. The van der Waals surface area contributed by atoms with Gasteiger partial charge in [0.2, 0.25) is 0 Å². The third-order valence-electron chi connectivity index (χ3n) is 3.66. The number of para-hydroxylation sites is 1. The van der Waals surface area contributed by atoms with Crippen LogP contribution < -0.4 is 11.1 Å². The van der Waals surface area contributed by atoms with Crippen LogP contribution in [0.5, 0.6) is 0 Å². The largest absolute Gasteiger partial charge is 0.348 e. The summed E-state index contributed by atoms with van der Waals surface area (Å²) >= 11 is 6.12. The summed E-state index contributed by atoms with van der Waals surface area (Å²) in [5.41, 5.74) is 8.63. The molecule has 24 heavy (non-hydrogen) atoms. The number of carbonyl (C=O) groups is 1. The molecule has 3 rings (SSSR count). The van der Waals surface area contributed by atoms with Crippen molar-refractivity contribution in [3.63, 3.8) is 0 Å². The Hall–Kier alpha value is -2.63. The minimum absolute atomic E-state index is 0.185. The van der Waals surface area contributed by atoms with E-state index in [1.165, 1.54) is 0 Å². The zero-order valence-electron chi connectivity index (χ0n) is 12.9. The molecule has 0 saturated carbocycles. The molecular weight excluding hydrogens is 324 g/mol. The summed E-state index contributed by atoms with van der Waals surface area (Å²) in [6.45, 7) is 0.765. The maximum atomic E-state index is 12.6. The monoisotopic (exact) mass is 340 g/mol. The third kappa shape index (κ3) is 3.48. The first-order valence-corrected chi connectivity index (χ1v) is 7.91. The lowest BCUT2D eigenvalue weighted by Gasteiger charge is -2.11. The molecule has 0 aliphatic carbocycles. The number of hydrogen-bond donors (Lipinski definition) is 2. The van der Waals surface area contributed by atoms with E-state index in [9.17, 15) is 4.79 Å². The third-order valence-corrected chi connectivity index (χ3v) is 4.03. The van der Waals surface area contributed by atoms with Crippen molar-refractivity contribution in [3.8, 4) is 5.69 Å². The van der Waals surface area contributed by atoms with E-state index in [4.69, 9.17) is 17.3 Å². The first-order chi connectivity index (χ1) is 11.7. The van der Waals surface area contributed by atoms with E-state index >= 15 is 0 Å². The Balaban J connectivity index is 1.81. The quantitative estimate of drug-likeness (QED) is 0.750. The van der Waals surface area contributed by atoms with Crippen LogP contribution in [-0.2, 0) is 13.1 Å². The first-order valence-electron chi connectivity index (χ1n) is 7.53. The van der Waals surface area contributed by atoms with E-state index < -0.39 is 0 Å². The molecule has 1 amide bonds. The lowest BCUT2D eigenvalue weighted by atomic mass is 10.1. The van der Waals surface area contributed by atoms with Crippen LogP contribution in [0.1, 0.15) is 21.5 Å². The van der Waals surface area contributed by atoms with Crippen molar-refractivity contribution in [2.24, 2.45) is 5.73 Å². The van der Waals surface area contributed by atoms with Crippen LogP contribution in [0.15, 0.2) is 60.9 Å². The standard InChI is InChI=1S/C18H17ClN4O/c19-16-7-3-1-5-14(16)11-21-18(24)15-6-2-4-8-17(15)23-12-13(9-20)10-22-23/h1-8,10,12H,9,11,20H2,(H,21,24). The van der Waals surface area contributed by atoms with Crippen LogP contribution in [0, 0.1) is 0 Å². The lowest BCUT2D eigenvalue weighted by molar-refractivity contribution is 0.0951. The van der Waals surface area contributed by atoms with E-state index in [0.717, 1.165) is 11.1 Å². The second-order valence-electron chi connectivity index (χ2n) is 5.29. The summed E-state index contributed by atoms with van der Waals surface area (Å²) in [6.07, 6.45) is 3.51. The Morgan fingerprint density at radius 1 is 1.17 bits per heavy atom. The summed E-state index contributed by atoms with van der Waals surface area (Å²) in [5, 5.41) is 7.80. The van der Waals surface area contributed by atoms with Gasteiger partial charge >= 0.3 is 0 Å².